The number of hydrogen-bond donors (Lipinski definition) is 3. The molecule has 0 spiro atoms. The van der Waals surface area contributed by atoms with Crippen molar-refractivity contribution in [1.82, 2.24) is 15.9 Å². The van der Waals surface area contributed by atoms with E-state index in [2.05, 4.69) is 34.7 Å². The summed E-state index contributed by atoms with van der Waals surface area (Å²) in [5.74, 6) is 6.11. The smallest absolute Gasteiger partial charge is 0.220 e. The quantitative estimate of drug-likeness (QED) is 0.298. The van der Waals surface area contributed by atoms with Gasteiger partial charge in [-0.2, -0.15) is 0 Å². The van der Waals surface area contributed by atoms with E-state index in [-0.39, 0.29) is 6.04 Å². The van der Waals surface area contributed by atoms with Gasteiger partial charge in [0.1, 0.15) is 0 Å². The minimum atomic E-state index is 0.0731. The van der Waals surface area contributed by atoms with E-state index < -0.39 is 0 Å². The average Bonchev–Trinajstić information content (AvgIpc) is 2.33. The summed E-state index contributed by atoms with van der Waals surface area (Å²) in [4.78, 5) is 4.45. The lowest BCUT2D eigenvalue weighted by atomic mass is 10.00. The maximum absolute atomic E-state index is 5.51. The standard InChI is InChI=1S/C12H27N5O/c1-9(8-18-4)14-12(15-13)16-17-10(2)6-5-7-11(17)3/h9-11H,5-8,13H2,1-4H3,(H2,14,15,16). The number of ether oxygens (including phenoxy) is 1. The number of hydrogen-bond acceptors (Lipinski definition) is 4. The van der Waals surface area contributed by atoms with Crippen LogP contribution in [0.1, 0.15) is 40.0 Å². The topological polar surface area (TPSA) is 74.9 Å². The van der Waals surface area contributed by atoms with Gasteiger partial charge in [0.15, 0.2) is 0 Å². The molecule has 1 heterocycles. The third kappa shape index (κ3) is 4.44. The Hall–Kier alpha value is -0.850. The second-order valence-electron chi connectivity index (χ2n) is 5.07. The molecular formula is C12H27N5O. The SMILES string of the molecule is COCC(C)N=C(NN)NN1C(C)CCCC1C. The Kier molecular flexibility index (Phi) is 6.38. The Morgan fingerprint density at radius 2 is 2.06 bits per heavy atom. The van der Waals surface area contributed by atoms with Crippen LogP contribution in [0.25, 0.3) is 0 Å². The summed E-state index contributed by atoms with van der Waals surface area (Å²) in [6, 6.07) is 1.05. The monoisotopic (exact) mass is 257 g/mol. The second-order valence-corrected chi connectivity index (χ2v) is 5.07. The van der Waals surface area contributed by atoms with Crippen molar-refractivity contribution in [3.63, 3.8) is 0 Å². The minimum Gasteiger partial charge on any atom is -0.382 e. The van der Waals surface area contributed by atoms with Crippen molar-refractivity contribution in [2.45, 2.75) is 58.2 Å². The van der Waals surface area contributed by atoms with Crippen molar-refractivity contribution < 1.29 is 4.74 Å². The lowest BCUT2D eigenvalue weighted by Crippen LogP contribution is -2.58. The molecule has 0 radical (unpaired) electrons. The van der Waals surface area contributed by atoms with Gasteiger partial charge in [-0.15, -0.1) is 0 Å². The molecule has 0 aromatic heterocycles. The fourth-order valence-corrected chi connectivity index (χ4v) is 2.36. The van der Waals surface area contributed by atoms with Gasteiger partial charge in [0.05, 0.1) is 12.6 Å². The number of rotatable bonds is 4. The highest BCUT2D eigenvalue weighted by Gasteiger charge is 2.25. The van der Waals surface area contributed by atoms with Gasteiger partial charge in [0.2, 0.25) is 5.96 Å². The summed E-state index contributed by atoms with van der Waals surface area (Å²) in [5, 5.41) is 2.22. The molecule has 1 fully saturated rings. The van der Waals surface area contributed by atoms with E-state index >= 15 is 0 Å². The fraction of sp³-hybridized carbons (Fsp3) is 0.917. The number of aliphatic imine (C=N–C) groups is 1. The van der Waals surface area contributed by atoms with Crippen LogP contribution in [0.5, 0.6) is 0 Å². The van der Waals surface area contributed by atoms with Crippen molar-refractivity contribution in [3.8, 4) is 0 Å². The van der Waals surface area contributed by atoms with Crippen molar-refractivity contribution >= 4 is 5.96 Å². The first-order valence-electron chi connectivity index (χ1n) is 6.66. The number of hydrazine groups is 2. The molecule has 0 amide bonds. The number of nitrogens with zero attached hydrogens (tertiary/aromatic N) is 2. The number of methoxy groups -OCH3 is 1. The van der Waals surface area contributed by atoms with Gasteiger partial charge < -0.3 is 4.74 Å². The zero-order valence-electron chi connectivity index (χ0n) is 11.9. The molecule has 4 N–H and O–H groups in total. The largest absolute Gasteiger partial charge is 0.382 e. The van der Waals surface area contributed by atoms with E-state index in [1.54, 1.807) is 7.11 Å². The summed E-state index contributed by atoms with van der Waals surface area (Å²) in [7, 11) is 1.67. The van der Waals surface area contributed by atoms with Crippen LogP contribution in [0.15, 0.2) is 4.99 Å². The van der Waals surface area contributed by atoms with E-state index in [0.29, 0.717) is 24.7 Å². The first kappa shape index (κ1) is 15.2. The van der Waals surface area contributed by atoms with E-state index in [9.17, 15) is 0 Å². The molecule has 1 aliphatic heterocycles. The molecule has 0 saturated carbocycles. The molecule has 106 valence electrons. The Morgan fingerprint density at radius 3 is 2.56 bits per heavy atom. The maximum Gasteiger partial charge on any atom is 0.220 e. The summed E-state index contributed by atoms with van der Waals surface area (Å²) in [5.41, 5.74) is 5.91. The van der Waals surface area contributed by atoms with Crippen molar-refractivity contribution in [2.75, 3.05) is 13.7 Å². The summed E-state index contributed by atoms with van der Waals surface area (Å²) >= 11 is 0. The first-order valence-corrected chi connectivity index (χ1v) is 6.66. The highest BCUT2D eigenvalue weighted by molar-refractivity contribution is 5.78. The predicted octanol–water partition coefficient (Wildman–Crippen LogP) is 0.608. The lowest BCUT2D eigenvalue weighted by Gasteiger charge is -2.39. The van der Waals surface area contributed by atoms with Crippen LogP contribution in [-0.2, 0) is 4.74 Å². The Balaban J connectivity index is 2.60. The Bertz CT molecular complexity index is 261. The molecule has 0 aliphatic carbocycles. The van der Waals surface area contributed by atoms with E-state index in [4.69, 9.17) is 10.6 Å². The van der Waals surface area contributed by atoms with Crippen LogP contribution in [0.2, 0.25) is 0 Å². The zero-order valence-corrected chi connectivity index (χ0v) is 11.9. The van der Waals surface area contributed by atoms with Crippen LogP contribution >= 0.6 is 0 Å². The second kappa shape index (κ2) is 7.56. The molecular weight excluding hydrogens is 230 g/mol. The van der Waals surface area contributed by atoms with Crippen LogP contribution in [0.4, 0.5) is 0 Å². The van der Waals surface area contributed by atoms with Gasteiger partial charge in [-0.1, -0.05) is 6.42 Å². The molecule has 1 rings (SSSR count). The zero-order chi connectivity index (χ0) is 13.5. The molecule has 6 heteroatoms. The summed E-state index contributed by atoms with van der Waals surface area (Å²) in [6.45, 7) is 7.01. The third-order valence-corrected chi connectivity index (χ3v) is 3.32. The van der Waals surface area contributed by atoms with Gasteiger partial charge in [0, 0.05) is 19.2 Å². The third-order valence-electron chi connectivity index (χ3n) is 3.32. The van der Waals surface area contributed by atoms with Crippen LogP contribution in [0, 0.1) is 0 Å². The van der Waals surface area contributed by atoms with Crippen molar-refractivity contribution in [3.05, 3.63) is 0 Å². The van der Waals surface area contributed by atoms with Crippen LogP contribution in [0.3, 0.4) is 0 Å². The van der Waals surface area contributed by atoms with E-state index in [0.717, 1.165) is 0 Å². The van der Waals surface area contributed by atoms with Crippen LogP contribution in [-0.4, -0.2) is 42.8 Å². The van der Waals surface area contributed by atoms with Gasteiger partial charge in [-0.3, -0.25) is 10.9 Å². The molecule has 3 atom stereocenters. The van der Waals surface area contributed by atoms with Crippen LogP contribution < -0.4 is 16.7 Å². The minimum absolute atomic E-state index is 0.0731. The van der Waals surface area contributed by atoms with E-state index in [1.165, 1.54) is 19.3 Å². The molecule has 1 saturated heterocycles. The number of nitrogens with one attached hydrogen (secondary N) is 2. The predicted molar refractivity (Wildman–Crippen MR) is 73.8 cm³/mol. The summed E-state index contributed by atoms with van der Waals surface area (Å²) < 4.78 is 5.06. The van der Waals surface area contributed by atoms with Crippen molar-refractivity contribution in [2.24, 2.45) is 10.8 Å². The van der Waals surface area contributed by atoms with Crippen molar-refractivity contribution in [1.29, 1.82) is 0 Å². The highest BCUT2D eigenvalue weighted by Crippen LogP contribution is 2.19. The lowest BCUT2D eigenvalue weighted by molar-refractivity contribution is 0.0721. The number of nitrogens with two attached hydrogens (primary N) is 1. The van der Waals surface area contributed by atoms with Gasteiger partial charge in [0.25, 0.3) is 0 Å². The molecule has 0 aromatic carbocycles. The number of guanidine groups is 1. The molecule has 18 heavy (non-hydrogen) atoms. The first-order chi connectivity index (χ1) is 8.58. The molecule has 6 nitrogen and oxygen atoms in total. The Labute approximate surface area is 110 Å². The van der Waals surface area contributed by atoms with Gasteiger partial charge in [-0.05, 0) is 33.6 Å². The molecule has 1 aliphatic rings. The average molecular weight is 257 g/mol. The van der Waals surface area contributed by atoms with Gasteiger partial charge in [-0.25, -0.2) is 15.8 Å². The van der Waals surface area contributed by atoms with E-state index in [1.807, 2.05) is 6.92 Å². The molecule has 0 aromatic rings. The normalized spacial score (nSPS) is 27.9. The van der Waals surface area contributed by atoms with Gasteiger partial charge >= 0.3 is 0 Å². The molecule has 3 unspecified atom stereocenters. The molecule has 0 bridgehead atoms. The highest BCUT2D eigenvalue weighted by atomic mass is 16.5. The fourth-order valence-electron chi connectivity index (χ4n) is 2.36. The number of piperidine rings is 1. The Morgan fingerprint density at radius 1 is 1.44 bits per heavy atom. The maximum atomic E-state index is 5.51. The summed E-state index contributed by atoms with van der Waals surface area (Å²) in [6.07, 6.45) is 3.68.